The van der Waals surface area contributed by atoms with Crippen LogP contribution in [0.4, 0.5) is 0 Å². The van der Waals surface area contributed by atoms with Gasteiger partial charge in [0.25, 0.3) is 0 Å². The minimum atomic E-state index is -0.0870. The fourth-order valence-electron chi connectivity index (χ4n) is 2.24. The Labute approximate surface area is 103 Å². The third-order valence-electron chi connectivity index (χ3n) is 3.47. The molecule has 1 heterocycles. The molecule has 5 heteroatoms. The summed E-state index contributed by atoms with van der Waals surface area (Å²) < 4.78 is 5.69. The van der Waals surface area contributed by atoms with Crippen molar-refractivity contribution >= 4 is 5.91 Å². The Morgan fingerprint density at radius 3 is 2.82 bits per heavy atom. The maximum absolute atomic E-state index is 12.0. The van der Waals surface area contributed by atoms with Crippen LogP contribution in [0.5, 0.6) is 0 Å². The van der Waals surface area contributed by atoms with Gasteiger partial charge in [0.2, 0.25) is 5.91 Å². The van der Waals surface area contributed by atoms with E-state index in [0.717, 1.165) is 25.9 Å². The molecule has 1 amide bonds. The van der Waals surface area contributed by atoms with Crippen molar-refractivity contribution in [1.29, 1.82) is 0 Å². The van der Waals surface area contributed by atoms with Gasteiger partial charge in [0.05, 0.1) is 18.2 Å². The summed E-state index contributed by atoms with van der Waals surface area (Å²) in [5.74, 6) is 0.136. The van der Waals surface area contributed by atoms with Crippen LogP contribution in [0.1, 0.15) is 26.7 Å². The van der Waals surface area contributed by atoms with Crippen molar-refractivity contribution in [3.8, 4) is 0 Å². The zero-order chi connectivity index (χ0) is 12.4. The van der Waals surface area contributed by atoms with Crippen LogP contribution >= 0.6 is 0 Å². The lowest BCUT2D eigenvalue weighted by atomic mass is 10.1. The van der Waals surface area contributed by atoms with Crippen molar-refractivity contribution in [3.63, 3.8) is 0 Å². The summed E-state index contributed by atoms with van der Waals surface area (Å²) in [4.78, 5) is 14.1. The fourth-order valence-corrected chi connectivity index (χ4v) is 2.24. The molecule has 1 saturated carbocycles. The Balaban J connectivity index is 1.87. The van der Waals surface area contributed by atoms with E-state index in [9.17, 15) is 4.79 Å². The van der Waals surface area contributed by atoms with E-state index in [1.54, 1.807) is 0 Å². The van der Waals surface area contributed by atoms with Crippen LogP contribution in [-0.4, -0.2) is 54.7 Å². The second-order valence-corrected chi connectivity index (χ2v) is 5.22. The highest BCUT2D eigenvalue weighted by atomic mass is 16.5. The topological polar surface area (TPSA) is 67.6 Å². The Kier molecular flexibility index (Phi) is 4.01. The Hall–Kier alpha value is -0.650. The molecule has 98 valence electrons. The number of carbonyl (C=O) groups is 1. The van der Waals surface area contributed by atoms with Gasteiger partial charge in [-0.25, -0.2) is 0 Å². The first-order valence-corrected chi connectivity index (χ1v) is 6.50. The van der Waals surface area contributed by atoms with E-state index in [1.807, 2.05) is 13.8 Å². The number of ether oxygens (including phenoxy) is 1. The van der Waals surface area contributed by atoms with E-state index in [2.05, 4.69) is 10.2 Å². The first kappa shape index (κ1) is 12.8. The summed E-state index contributed by atoms with van der Waals surface area (Å²) in [7, 11) is 0. The lowest BCUT2D eigenvalue weighted by Crippen LogP contribution is -2.56. The number of hydrogen-bond acceptors (Lipinski definition) is 4. The van der Waals surface area contributed by atoms with Crippen LogP contribution < -0.4 is 11.1 Å². The van der Waals surface area contributed by atoms with Crippen LogP contribution in [0, 0.1) is 0 Å². The van der Waals surface area contributed by atoms with Crippen LogP contribution in [-0.2, 0) is 9.53 Å². The largest absolute Gasteiger partial charge is 0.371 e. The molecule has 1 aliphatic carbocycles. The van der Waals surface area contributed by atoms with Gasteiger partial charge in [0.15, 0.2) is 0 Å². The lowest BCUT2D eigenvalue weighted by molar-refractivity contribution is -0.132. The van der Waals surface area contributed by atoms with Crippen molar-refractivity contribution in [2.45, 2.75) is 51.0 Å². The normalized spacial score (nSPS) is 32.2. The molecule has 3 atom stereocenters. The molecule has 0 spiro atoms. The fraction of sp³-hybridized carbons (Fsp3) is 0.917. The molecule has 17 heavy (non-hydrogen) atoms. The average Bonchev–Trinajstić information content (AvgIpc) is 3.10. The number of hydrogen-bond donors (Lipinski definition) is 2. The minimum Gasteiger partial charge on any atom is -0.371 e. The molecule has 0 bridgehead atoms. The van der Waals surface area contributed by atoms with Gasteiger partial charge in [0.1, 0.15) is 0 Å². The van der Waals surface area contributed by atoms with E-state index >= 15 is 0 Å². The summed E-state index contributed by atoms with van der Waals surface area (Å²) in [5.41, 5.74) is 5.64. The maximum atomic E-state index is 12.0. The molecule has 0 aromatic heterocycles. The first-order chi connectivity index (χ1) is 8.10. The zero-order valence-corrected chi connectivity index (χ0v) is 10.7. The number of morpholine rings is 1. The zero-order valence-electron chi connectivity index (χ0n) is 10.7. The molecular formula is C12H23N3O2. The summed E-state index contributed by atoms with van der Waals surface area (Å²) in [6.45, 7) is 6.05. The van der Waals surface area contributed by atoms with E-state index in [1.165, 1.54) is 0 Å². The third kappa shape index (κ3) is 3.40. The van der Waals surface area contributed by atoms with Crippen LogP contribution in [0.2, 0.25) is 0 Å². The Morgan fingerprint density at radius 2 is 2.24 bits per heavy atom. The molecular weight excluding hydrogens is 218 g/mol. The minimum absolute atomic E-state index is 0.0509. The van der Waals surface area contributed by atoms with Crippen molar-refractivity contribution in [2.75, 3.05) is 19.6 Å². The van der Waals surface area contributed by atoms with Gasteiger partial charge in [0, 0.05) is 25.7 Å². The second kappa shape index (κ2) is 5.33. The Morgan fingerprint density at radius 1 is 1.53 bits per heavy atom. The molecule has 1 saturated heterocycles. The van der Waals surface area contributed by atoms with Crippen molar-refractivity contribution in [2.24, 2.45) is 5.73 Å². The smallest absolute Gasteiger partial charge is 0.237 e. The summed E-state index contributed by atoms with van der Waals surface area (Å²) in [6, 6.07) is 0.338. The number of carbonyl (C=O) groups excluding carboxylic acids is 1. The standard InChI is InChI=1S/C12H23N3O2/c1-8-6-15(7-11(5-13)17-8)9(2)12(16)14-10-3-4-10/h8-11H,3-7,13H2,1-2H3,(H,14,16). The first-order valence-electron chi connectivity index (χ1n) is 6.50. The Bertz CT molecular complexity index is 281. The van der Waals surface area contributed by atoms with Crippen LogP contribution in [0.15, 0.2) is 0 Å². The van der Waals surface area contributed by atoms with Gasteiger partial charge >= 0.3 is 0 Å². The molecule has 2 aliphatic rings. The van der Waals surface area contributed by atoms with Crippen molar-refractivity contribution in [3.05, 3.63) is 0 Å². The molecule has 0 radical (unpaired) electrons. The van der Waals surface area contributed by atoms with Gasteiger partial charge in [-0.05, 0) is 26.7 Å². The number of rotatable bonds is 4. The van der Waals surface area contributed by atoms with Gasteiger partial charge in [-0.3, -0.25) is 9.69 Å². The van der Waals surface area contributed by atoms with Crippen molar-refractivity contribution < 1.29 is 9.53 Å². The van der Waals surface area contributed by atoms with E-state index < -0.39 is 0 Å². The summed E-state index contributed by atoms with van der Waals surface area (Å²) in [6.07, 6.45) is 2.45. The van der Waals surface area contributed by atoms with Gasteiger partial charge in [-0.2, -0.15) is 0 Å². The van der Waals surface area contributed by atoms with E-state index in [4.69, 9.17) is 10.5 Å². The van der Waals surface area contributed by atoms with E-state index in [0.29, 0.717) is 12.6 Å². The molecule has 3 N–H and O–H groups in total. The predicted molar refractivity (Wildman–Crippen MR) is 65.6 cm³/mol. The molecule has 3 unspecified atom stereocenters. The number of amides is 1. The predicted octanol–water partition coefficient (Wildman–Crippen LogP) is -0.298. The maximum Gasteiger partial charge on any atom is 0.237 e. The SMILES string of the molecule is CC1CN(C(C)C(=O)NC2CC2)CC(CN)O1. The van der Waals surface area contributed by atoms with Gasteiger partial charge in [-0.1, -0.05) is 0 Å². The molecule has 1 aliphatic heterocycles. The van der Waals surface area contributed by atoms with Gasteiger partial charge in [-0.15, -0.1) is 0 Å². The van der Waals surface area contributed by atoms with E-state index in [-0.39, 0.29) is 24.2 Å². The quantitative estimate of drug-likeness (QED) is 0.709. The molecule has 2 rings (SSSR count). The summed E-state index contributed by atoms with van der Waals surface area (Å²) >= 11 is 0. The number of nitrogens with one attached hydrogen (secondary N) is 1. The highest BCUT2D eigenvalue weighted by Crippen LogP contribution is 2.20. The number of nitrogens with zero attached hydrogens (tertiary/aromatic N) is 1. The molecule has 0 aromatic rings. The van der Waals surface area contributed by atoms with Crippen LogP contribution in [0.3, 0.4) is 0 Å². The average molecular weight is 241 g/mol. The molecule has 2 fully saturated rings. The monoisotopic (exact) mass is 241 g/mol. The second-order valence-electron chi connectivity index (χ2n) is 5.22. The molecule has 5 nitrogen and oxygen atoms in total. The van der Waals surface area contributed by atoms with Gasteiger partial charge < -0.3 is 15.8 Å². The highest BCUT2D eigenvalue weighted by molar-refractivity contribution is 5.81. The summed E-state index contributed by atoms with van der Waals surface area (Å²) in [5, 5.41) is 3.05. The lowest BCUT2D eigenvalue weighted by Gasteiger charge is -2.39. The number of nitrogens with two attached hydrogens (primary N) is 1. The molecule has 0 aromatic carbocycles. The van der Waals surface area contributed by atoms with Crippen LogP contribution in [0.25, 0.3) is 0 Å². The van der Waals surface area contributed by atoms with Crippen molar-refractivity contribution in [1.82, 2.24) is 10.2 Å². The third-order valence-corrected chi connectivity index (χ3v) is 3.47. The highest BCUT2D eigenvalue weighted by Gasteiger charge is 2.32.